The van der Waals surface area contributed by atoms with Gasteiger partial charge in [-0.3, -0.25) is 15.1 Å². The highest BCUT2D eigenvalue weighted by atomic mass is 19.1. The lowest BCUT2D eigenvalue weighted by Crippen LogP contribution is -2.08. The highest BCUT2D eigenvalue weighted by Gasteiger charge is 2.17. The monoisotopic (exact) mass is 449 g/mol. The van der Waals surface area contributed by atoms with Gasteiger partial charge in [-0.05, 0) is 29.8 Å². The van der Waals surface area contributed by atoms with Gasteiger partial charge in [0.05, 0.1) is 29.1 Å². The quantitative estimate of drug-likeness (QED) is 0.375. The second-order valence-electron chi connectivity index (χ2n) is 8.31. The van der Waals surface area contributed by atoms with Crippen molar-refractivity contribution in [2.75, 3.05) is 19.0 Å². The normalized spacial score (nSPS) is 11.4. The van der Waals surface area contributed by atoms with E-state index in [0.717, 1.165) is 27.7 Å². The largest absolute Gasteiger partial charge is 0.376 e. The molecule has 0 atom stereocenters. The number of fused-ring (bicyclic) bond motifs is 2. The van der Waals surface area contributed by atoms with Crippen LogP contribution in [0.25, 0.3) is 55.7 Å². The molecular weight excluding hydrogens is 429 g/mol. The molecule has 0 amide bonds. The summed E-state index contributed by atoms with van der Waals surface area (Å²) in [4.78, 5) is 18.8. The molecule has 6 aromatic rings. The molecule has 0 aliphatic heterocycles. The molecule has 166 valence electrons. The van der Waals surface area contributed by atoms with Crippen molar-refractivity contribution < 1.29 is 4.39 Å². The molecule has 0 bridgehead atoms. The average molecular weight is 449 g/mol. The molecule has 6 rings (SSSR count). The van der Waals surface area contributed by atoms with E-state index in [4.69, 9.17) is 4.98 Å². The van der Waals surface area contributed by atoms with Crippen LogP contribution in [0.5, 0.6) is 0 Å². The summed E-state index contributed by atoms with van der Waals surface area (Å²) >= 11 is 0. The molecule has 8 heteroatoms. The zero-order valence-electron chi connectivity index (χ0n) is 18.5. The molecule has 0 fully saturated rings. The zero-order valence-corrected chi connectivity index (χ0v) is 18.5. The van der Waals surface area contributed by atoms with Gasteiger partial charge in [-0.1, -0.05) is 24.3 Å². The molecule has 0 saturated carbocycles. The molecule has 0 aliphatic rings. The average Bonchev–Trinajstić information content (AvgIpc) is 3.48. The fourth-order valence-electron chi connectivity index (χ4n) is 4.13. The summed E-state index contributed by atoms with van der Waals surface area (Å²) in [6.45, 7) is 0. The van der Waals surface area contributed by atoms with Crippen molar-refractivity contribution in [3.05, 3.63) is 79.1 Å². The Balaban J connectivity index is 1.49. The van der Waals surface area contributed by atoms with Crippen LogP contribution in [0.4, 0.5) is 10.1 Å². The zero-order chi connectivity index (χ0) is 23.2. The summed E-state index contributed by atoms with van der Waals surface area (Å²) in [5, 5.41) is 8.53. The molecule has 2 aromatic carbocycles. The molecule has 0 unspecified atom stereocenters. The molecule has 4 aromatic heterocycles. The minimum atomic E-state index is -0.315. The number of hydrogen-bond acceptors (Lipinski definition) is 5. The van der Waals surface area contributed by atoms with Crippen LogP contribution in [0.3, 0.4) is 0 Å². The molecule has 0 saturated heterocycles. The van der Waals surface area contributed by atoms with E-state index < -0.39 is 0 Å². The van der Waals surface area contributed by atoms with Crippen LogP contribution in [0.1, 0.15) is 0 Å². The molecule has 4 heterocycles. The van der Waals surface area contributed by atoms with Gasteiger partial charge in [0.15, 0.2) is 5.82 Å². The Morgan fingerprint density at radius 3 is 2.53 bits per heavy atom. The van der Waals surface area contributed by atoms with Crippen molar-refractivity contribution >= 4 is 27.6 Å². The van der Waals surface area contributed by atoms with Crippen LogP contribution in [-0.2, 0) is 0 Å². The van der Waals surface area contributed by atoms with Crippen molar-refractivity contribution in [2.24, 2.45) is 0 Å². The van der Waals surface area contributed by atoms with E-state index in [9.17, 15) is 4.39 Å². The van der Waals surface area contributed by atoms with Crippen molar-refractivity contribution in [1.29, 1.82) is 0 Å². The number of imidazole rings is 1. The van der Waals surface area contributed by atoms with E-state index in [1.807, 2.05) is 43.5 Å². The van der Waals surface area contributed by atoms with Gasteiger partial charge < -0.3 is 9.88 Å². The number of anilines is 1. The summed E-state index contributed by atoms with van der Waals surface area (Å²) in [6.07, 6.45) is 7.01. The third-order valence-electron chi connectivity index (χ3n) is 5.92. The molecule has 0 spiro atoms. The van der Waals surface area contributed by atoms with Crippen LogP contribution in [0.2, 0.25) is 0 Å². The third kappa shape index (κ3) is 3.27. The van der Waals surface area contributed by atoms with Gasteiger partial charge in [-0.25, -0.2) is 9.37 Å². The standard InChI is InChI=1S/C26H20FN7/c1-34(2)17-9-16(11-28-12-17)15-7-8-22-19(10-15)25(33-32-22)26-30-23-14-29-13-20(24(23)31-26)18-5-3-4-6-21(18)27/h3-14H,1-2H3,(H,30,31)(H,32,33). The number of benzene rings is 2. The van der Waals surface area contributed by atoms with E-state index in [-0.39, 0.29) is 5.82 Å². The fourth-order valence-corrected chi connectivity index (χ4v) is 4.13. The lowest BCUT2D eigenvalue weighted by atomic mass is 10.0. The molecule has 2 N–H and O–H groups in total. The molecule has 0 radical (unpaired) electrons. The SMILES string of the molecule is CN(C)c1cncc(-c2ccc3[nH]nc(-c4nc5c(-c6ccccc6F)cncc5[nH]4)c3c2)c1. The predicted molar refractivity (Wildman–Crippen MR) is 132 cm³/mol. The molecular formula is C26H20FN7. The number of aromatic nitrogens is 6. The Labute approximate surface area is 194 Å². The van der Waals surface area contributed by atoms with Gasteiger partial charge >= 0.3 is 0 Å². The second kappa shape index (κ2) is 7.77. The number of H-pyrrole nitrogens is 2. The van der Waals surface area contributed by atoms with Gasteiger partial charge in [0.2, 0.25) is 0 Å². The molecule has 0 aliphatic carbocycles. The number of aromatic amines is 2. The van der Waals surface area contributed by atoms with Gasteiger partial charge in [-0.2, -0.15) is 5.10 Å². The first kappa shape index (κ1) is 20.0. The maximum Gasteiger partial charge on any atom is 0.159 e. The maximum absolute atomic E-state index is 14.5. The van der Waals surface area contributed by atoms with Crippen LogP contribution in [-0.4, -0.2) is 44.2 Å². The summed E-state index contributed by atoms with van der Waals surface area (Å²) in [5.74, 6) is 0.272. The van der Waals surface area contributed by atoms with Gasteiger partial charge in [-0.15, -0.1) is 0 Å². The summed E-state index contributed by atoms with van der Waals surface area (Å²) in [6, 6.07) is 14.8. The Morgan fingerprint density at radius 1 is 0.824 bits per heavy atom. The summed E-state index contributed by atoms with van der Waals surface area (Å²) in [7, 11) is 3.98. The molecule has 34 heavy (non-hydrogen) atoms. The first-order valence-corrected chi connectivity index (χ1v) is 10.8. The Kier molecular flexibility index (Phi) is 4.58. The first-order valence-electron chi connectivity index (χ1n) is 10.8. The van der Waals surface area contributed by atoms with E-state index in [0.29, 0.717) is 33.7 Å². The van der Waals surface area contributed by atoms with Gasteiger partial charge in [0.25, 0.3) is 0 Å². The van der Waals surface area contributed by atoms with Gasteiger partial charge in [0.1, 0.15) is 17.0 Å². The Bertz CT molecular complexity index is 1670. The number of nitrogens with zero attached hydrogens (tertiary/aromatic N) is 5. The van der Waals surface area contributed by atoms with E-state index in [1.54, 1.807) is 30.6 Å². The first-order chi connectivity index (χ1) is 16.6. The van der Waals surface area contributed by atoms with E-state index in [2.05, 4.69) is 37.3 Å². The lowest BCUT2D eigenvalue weighted by Gasteiger charge is -2.13. The third-order valence-corrected chi connectivity index (χ3v) is 5.92. The van der Waals surface area contributed by atoms with Crippen molar-refractivity contribution in [2.45, 2.75) is 0 Å². The van der Waals surface area contributed by atoms with E-state index >= 15 is 0 Å². The number of hydrogen-bond donors (Lipinski definition) is 2. The van der Waals surface area contributed by atoms with Crippen LogP contribution in [0.15, 0.2) is 73.3 Å². The second-order valence-corrected chi connectivity index (χ2v) is 8.31. The minimum Gasteiger partial charge on any atom is -0.376 e. The van der Waals surface area contributed by atoms with Crippen molar-refractivity contribution in [1.82, 2.24) is 30.1 Å². The van der Waals surface area contributed by atoms with Crippen molar-refractivity contribution in [3.8, 4) is 33.8 Å². The van der Waals surface area contributed by atoms with Crippen LogP contribution < -0.4 is 4.90 Å². The van der Waals surface area contributed by atoms with Crippen molar-refractivity contribution in [3.63, 3.8) is 0 Å². The highest BCUT2D eigenvalue weighted by molar-refractivity contribution is 5.98. The maximum atomic E-state index is 14.5. The molecule has 7 nitrogen and oxygen atoms in total. The number of pyridine rings is 2. The smallest absolute Gasteiger partial charge is 0.159 e. The topological polar surface area (TPSA) is 86.4 Å². The summed E-state index contributed by atoms with van der Waals surface area (Å²) in [5.41, 5.74) is 7.08. The Hall–Kier alpha value is -4.59. The van der Waals surface area contributed by atoms with E-state index in [1.165, 1.54) is 6.07 Å². The number of nitrogens with one attached hydrogen (secondary N) is 2. The number of halogens is 1. The van der Waals surface area contributed by atoms with Crippen LogP contribution in [0, 0.1) is 5.82 Å². The minimum absolute atomic E-state index is 0.315. The Morgan fingerprint density at radius 2 is 1.68 bits per heavy atom. The predicted octanol–water partition coefficient (Wildman–Crippen LogP) is 5.44. The lowest BCUT2D eigenvalue weighted by molar-refractivity contribution is 0.631. The highest BCUT2D eigenvalue weighted by Crippen LogP contribution is 2.33. The number of rotatable bonds is 4. The van der Waals surface area contributed by atoms with Crippen LogP contribution >= 0.6 is 0 Å². The fraction of sp³-hybridized carbons (Fsp3) is 0.0769. The summed E-state index contributed by atoms with van der Waals surface area (Å²) < 4.78 is 14.5. The van der Waals surface area contributed by atoms with Gasteiger partial charge in [0, 0.05) is 48.6 Å².